The minimum absolute atomic E-state index is 0. The van der Waals surface area contributed by atoms with E-state index in [9.17, 15) is 32.7 Å². The van der Waals surface area contributed by atoms with Gasteiger partial charge in [-0.25, -0.2) is 19.4 Å². The van der Waals surface area contributed by atoms with Gasteiger partial charge in [-0.15, -0.1) is 12.6 Å². The van der Waals surface area contributed by atoms with E-state index in [1.54, 1.807) is 24.3 Å². The Kier molecular flexibility index (Phi) is 12.9. The molecule has 0 atom stereocenters. The summed E-state index contributed by atoms with van der Waals surface area (Å²) in [6, 6.07) is 15.4. The van der Waals surface area contributed by atoms with E-state index in [-0.39, 0.29) is 70.5 Å². The molecule has 6 heterocycles. The monoisotopic (exact) mass is 848 g/mol. The molecular weight excluding hydrogens is 827 g/mol. The van der Waals surface area contributed by atoms with E-state index in [1.165, 1.54) is 59.6 Å². The molecule has 3 N–H and O–H groups in total. The van der Waals surface area contributed by atoms with Crippen LogP contribution >= 0.6 is 24.4 Å². The zero-order chi connectivity index (χ0) is 37.6. The van der Waals surface area contributed by atoms with Crippen molar-refractivity contribution >= 4 is 42.3 Å². The van der Waals surface area contributed by atoms with Gasteiger partial charge in [-0.3, -0.25) is 15.0 Å². The standard InChI is InChI=1S/C18H11N3O6.C16H10F3N3OS2.Ru/c22-16(23)9-1-3-19-12(5-9)14-7-11(18(26)27)8-15(21-14)13-6-10(17(24)25)2-4-20-13;17-16(18,19)11-5-13(22(7-11)9-25-8-20)12-2-1-10(6-21-12)14-3-4-15(24)23-14;/h1-8H,(H,22,23)(H,24,25)(H,26,27);1-7,24H,9H2;. The van der Waals surface area contributed by atoms with E-state index in [1.807, 2.05) is 5.40 Å². The second-order valence-electron chi connectivity index (χ2n) is 10.4. The van der Waals surface area contributed by atoms with Crippen LogP contribution < -0.4 is 0 Å². The topological polar surface area (TPSA) is 205 Å². The van der Waals surface area contributed by atoms with E-state index >= 15 is 0 Å². The Balaban J connectivity index is 0.000000233. The number of carboxylic acids is 3. The Labute approximate surface area is 319 Å². The number of furan rings is 1. The summed E-state index contributed by atoms with van der Waals surface area (Å²) in [6.45, 7) is 0. The molecule has 6 rings (SSSR count). The predicted octanol–water partition coefficient (Wildman–Crippen LogP) is 7.59. The van der Waals surface area contributed by atoms with Crippen LogP contribution in [0.25, 0.3) is 45.5 Å². The summed E-state index contributed by atoms with van der Waals surface area (Å²) >= 11 is 4.93. The first-order chi connectivity index (χ1) is 24.7. The Bertz CT molecular complexity index is 2270. The molecule has 0 spiro atoms. The number of carboxylic acid groups (broad SMARTS) is 3. The summed E-state index contributed by atoms with van der Waals surface area (Å²) in [6.07, 6.45) is 0.584. The third kappa shape index (κ3) is 9.95. The fourth-order valence-corrected chi connectivity index (χ4v) is 5.17. The van der Waals surface area contributed by atoms with Crippen molar-refractivity contribution in [3.8, 4) is 50.9 Å². The van der Waals surface area contributed by atoms with Crippen LogP contribution in [0.1, 0.15) is 36.6 Å². The van der Waals surface area contributed by atoms with Gasteiger partial charge < -0.3 is 24.3 Å². The van der Waals surface area contributed by atoms with E-state index < -0.39 is 29.6 Å². The number of aromatic nitrogens is 5. The van der Waals surface area contributed by atoms with E-state index in [0.29, 0.717) is 22.1 Å². The maximum absolute atomic E-state index is 13.0. The van der Waals surface area contributed by atoms with E-state index in [2.05, 4.69) is 32.6 Å². The smallest absolute Gasteiger partial charge is 0.417 e. The fourth-order valence-electron chi connectivity index (χ4n) is 4.58. The van der Waals surface area contributed by atoms with Crippen LogP contribution in [0.5, 0.6) is 0 Å². The molecule has 0 saturated carbocycles. The van der Waals surface area contributed by atoms with Crippen LogP contribution in [-0.4, -0.2) is 57.7 Å². The van der Waals surface area contributed by atoms with Gasteiger partial charge in [-0.2, -0.15) is 18.4 Å². The van der Waals surface area contributed by atoms with Crippen molar-refractivity contribution in [3.05, 3.63) is 114 Å². The quantitative estimate of drug-likeness (QED) is 0.0630. The maximum Gasteiger partial charge on any atom is 0.417 e. The molecule has 0 aliphatic heterocycles. The van der Waals surface area contributed by atoms with Crippen molar-refractivity contribution < 1.29 is 66.8 Å². The zero-order valence-corrected chi connectivity index (χ0v) is 29.8. The van der Waals surface area contributed by atoms with Gasteiger partial charge in [0.1, 0.15) is 11.2 Å². The number of alkyl halides is 3. The number of nitrogens with zero attached hydrogens (tertiary/aromatic N) is 6. The molecule has 0 amide bonds. The molecule has 0 radical (unpaired) electrons. The second-order valence-corrected chi connectivity index (χ2v) is 11.6. The third-order valence-corrected chi connectivity index (χ3v) is 7.78. The van der Waals surface area contributed by atoms with Crippen LogP contribution in [0, 0.1) is 10.7 Å². The molecule has 0 bridgehead atoms. The number of thiocyanates is 1. The third-order valence-electron chi connectivity index (χ3n) is 7.01. The van der Waals surface area contributed by atoms with Crippen molar-refractivity contribution in [2.45, 2.75) is 17.1 Å². The average molecular weight is 848 g/mol. The van der Waals surface area contributed by atoms with Gasteiger partial charge in [0, 0.05) is 49.8 Å². The number of nitriles is 1. The van der Waals surface area contributed by atoms with Gasteiger partial charge in [-0.1, -0.05) is 0 Å². The van der Waals surface area contributed by atoms with Crippen LogP contribution in [0.4, 0.5) is 13.2 Å². The predicted molar refractivity (Wildman–Crippen MR) is 182 cm³/mol. The molecule has 13 nitrogen and oxygen atoms in total. The van der Waals surface area contributed by atoms with Crippen LogP contribution in [0.3, 0.4) is 0 Å². The molecule has 0 aliphatic carbocycles. The first-order valence-electron chi connectivity index (χ1n) is 14.4. The number of thioether (sulfide) groups is 1. The largest absolute Gasteiger partial charge is 0.478 e. The molecule has 0 aliphatic rings. The summed E-state index contributed by atoms with van der Waals surface area (Å²) in [5.41, 5.74) is 0.937. The van der Waals surface area contributed by atoms with Crippen molar-refractivity contribution in [1.29, 1.82) is 5.26 Å². The molecule has 0 unspecified atom stereocenters. The number of thiol groups is 1. The Morgan fingerprint density at radius 2 is 1.36 bits per heavy atom. The molecule has 6 aromatic rings. The Morgan fingerprint density at radius 3 is 1.81 bits per heavy atom. The summed E-state index contributed by atoms with van der Waals surface area (Å²) in [7, 11) is 0. The van der Waals surface area contributed by atoms with Gasteiger partial charge in [0.2, 0.25) is 0 Å². The summed E-state index contributed by atoms with van der Waals surface area (Å²) in [5, 5.41) is 38.5. The van der Waals surface area contributed by atoms with Gasteiger partial charge in [0.25, 0.3) is 0 Å². The van der Waals surface area contributed by atoms with Crippen molar-refractivity contribution in [3.63, 3.8) is 0 Å². The number of halogens is 3. The first-order valence-corrected chi connectivity index (χ1v) is 15.9. The number of aromatic carboxylic acids is 3. The number of hydrogen-bond donors (Lipinski definition) is 4. The number of pyridine rings is 4. The van der Waals surface area contributed by atoms with Gasteiger partial charge in [0.05, 0.1) is 62.3 Å². The molecule has 53 heavy (non-hydrogen) atoms. The number of carbonyl (C=O) groups is 3. The Morgan fingerprint density at radius 1 is 0.792 bits per heavy atom. The molecule has 6 aromatic heterocycles. The molecule has 270 valence electrons. The maximum atomic E-state index is 13.0. The van der Waals surface area contributed by atoms with Crippen LogP contribution in [0.2, 0.25) is 0 Å². The summed E-state index contributed by atoms with van der Waals surface area (Å²) in [5.74, 6) is -2.92. The van der Waals surface area contributed by atoms with Gasteiger partial charge >= 0.3 is 24.1 Å². The van der Waals surface area contributed by atoms with Gasteiger partial charge in [-0.05, 0) is 78.5 Å². The molecule has 0 aromatic carbocycles. The minimum Gasteiger partial charge on any atom is -0.478 e. The summed E-state index contributed by atoms with van der Waals surface area (Å²) < 4.78 is 45.7. The Hall–Kier alpha value is -5.83. The van der Waals surface area contributed by atoms with Crippen LogP contribution in [0.15, 0.2) is 101 Å². The summed E-state index contributed by atoms with van der Waals surface area (Å²) in [4.78, 5) is 50.3. The number of hydrogen-bond acceptors (Lipinski definition) is 11. The SMILES string of the molecule is N#CSCn1cc(C(F)(F)F)cc1-c1ccc(-c2ccc(S)o2)cn1.O=C(O)c1ccnc(-c2cc(C(=O)O)cc(-c3cc(C(=O)O)ccn3)n2)c1.[Ru]. The average Bonchev–Trinajstić information content (AvgIpc) is 3.78. The second kappa shape index (κ2) is 17.1. The van der Waals surface area contributed by atoms with Gasteiger partial charge in [0.15, 0.2) is 5.09 Å². The van der Waals surface area contributed by atoms with E-state index in [0.717, 1.165) is 24.0 Å². The molecule has 19 heteroatoms. The molecule has 0 saturated heterocycles. The minimum atomic E-state index is -4.46. The molecular formula is C34H21F3N6O7RuS2. The fraction of sp³-hybridized carbons (Fsp3) is 0.0588. The van der Waals surface area contributed by atoms with Crippen LogP contribution in [-0.2, 0) is 31.5 Å². The van der Waals surface area contributed by atoms with Crippen molar-refractivity contribution in [2.24, 2.45) is 0 Å². The van der Waals surface area contributed by atoms with E-state index in [4.69, 9.17) is 19.9 Å². The first kappa shape index (κ1) is 40.0. The zero-order valence-electron chi connectivity index (χ0n) is 26.4. The molecule has 0 fully saturated rings. The van der Waals surface area contributed by atoms with Crippen molar-refractivity contribution in [2.75, 3.05) is 0 Å². The normalized spacial score (nSPS) is 10.7. The number of rotatable bonds is 9. The van der Waals surface area contributed by atoms with Crippen molar-refractivity contribution in [1.82, 2.24) is 24.5 Å².